The number of rotatable bonds is 9. The van der Waals surface area contributed by atoms with Crippen molar-refractivity contribution in [3.63, 3.8) is 0 Å². The van der Waals surface area contributed by atoms with Crippen LogP contribution in [-0.2, 0) is 11.3 Å². The van der Waals surface area contributed by atoms with Gasteiger partial charge in [-0.1, -0.05) is 42.5 Å². The number of hydrogen-bond donors (Lipinski definition) is 2. The van der Waals surface area contributed by atoms with Crippen molar-refractivity contribution in [2.75, 3.05) is 23.8 Å². The smallest absolute Gasteiger partial charge is 0.262 e. The molecule has 0 heterocycles. The minimum atomic E-state index is -0.219. The van der Waals surface area contributed by atoms with Crippen LogP contribution in [0.2, 0.25) is 0 Å². The first kappa shape index (κ1) is 20.3. The van der Waals surface area contributed by atoms with E-state index in [4.69, 9.17) is 9.47 Å². The third-order valence-corrected chi connectivity index (χ3v) is 4.35. The quantitative estimate of drug-likeness (QED) is 0.538. The topological polar surface area (TPSA) is 59.6 Å². The normalized spacial score (nSPS) is 10.3. The molecule has 0 aliphatic carbocycles. The molecule has 0 spiro atoms. The van der Waals surface area contributed by atoms with E-state index in [0.29, 0.717) is 24.7 Å². The molecule has 5 heteroatoms. The molecule has 0 atom stereocenters. The number of anilines is 2. The van der Waals surface area contributed by atoms with Crippen molar-refractivity contribution >= 4 is 17.3 Å². The van der Waals surface area contributed by atoms with Crippen LogP contribution in [0.3, 0.4) is 0 Å². The van der Waals surface area contributed by atoms with Crippen LogP contribution in [0.15, 0.2) is 72.8 Å². The van der Waals surface area contributed by atoms with Crippen molar-refractivity contribution in [2.45, 2.75) is 20.4 Å². The highest BCUT2D eigenvalue weighted by atomic mass is 16.5. The molecule has 5 nitrogen and oxygen atoms in total. The molecule has 0 radical (unpaired) electrons. The van der Waals surface area contributed by atoms with E-state index in [1.807, 2.05) is 67.6 Å². The summed E-state index contributed by atoms with van der Waals surface area (Å²) in [4.78, 5) is 12.1. The summed E-state index contributed by atoms with van der Waals surface area (Å²) in [6.07, 6.45) is 0. The number of para-hydroxylation sites is 2. The van der Waals surface area contributed by atoms with Gasteiger partial charge in [0, 0.05) is 17.9 Å². The highest BCUT2D eigenvalue weighted by Gasteiger charge is 2.10. The maximum Gasteiger partial charge on any atom is 0.262 e. The Hall–Kier alpha value is -3.47. The summed E-state index contributed by atoms with van der Waals surface area (Å²) in [5.74, 6) is 0.961. The number of amides is 1. The van der Waals surface area contributed by atoms with Gasteiger partial charge in [0.2, 0.25) is 0 Å². The second kappa shape index (κ2) is 10.2. The van der Waals surface area contributed by atoms with E-state index in [-0.39, 0.29) is 12.5 Å². The Kier molecular flexibility index (Phi) is 7.11. The zero-order valence-corrected chi connectivity index (χ0v) is 16.8. The van der Waals surface area contributed by atoms with Crippen LogP contribution in [0.1, 0.15) is 18.1 Å². The summed E-state index contributed by atoms with van der Waals surface area (Å²) in [6, 6.07) is 23.2. The number of benzene rings is 3. The Balaban J connectivity index is 1.61. The predicted molar refractivity (Wildman–Crippen MR) is 117 cm³/mol. The first-order chi connectivity index (χ1) is 14.2. The van der Waals surface area contributed by atoms with E-state index in [0.717, 1.165) is 16.9 Å². The fourth-order valence-electron chi connectivity index (χ4n) is 2.88. The van der Waals surface area contributed by atoms with Gasteiger partial charge >= 0.3 is 0 Å². The molecule has 1 amide bonds. The summed E-state index contributed by atoms with van der Waals surface area (Å²) >= 11 is 0. The van der Waals surface area contributed by atoms with E-state index in [9.17, 15) is 4.79 Å². The summed E-state index contributed by atoms with van der Waals surface area (Å²) in [5.41, 5.74) is 4.10. The minimum absolute atomic E-state index is 0.0875. The highest BCUT2D eigenvalue weighted by molar-refractivity contribution is 5.91. The standard InChI is InChI=1S/C24H26N2O3/c1-3-28-23-15-19(16-25-21-12-8-7-9-18(21)2)13-14-22(23)29-17-24(27)26-20-10-5-4-6-11-20/h4-15,25H,3,16-17H2,1-2H3,(H,26,27). The number of carbonyl (C=O) groups is 1. The van der Waals surface area contributed by atoms with Gasteiger partial charge in [0.1, 0.15) is 0 Å². The van der Waals surface area contributed by atoms with Gasteiger partial charge in [-0.15, -0.1) is 0 Å². The molecule has 150 valence electrons. The van der Waals surface area contributed by atoms with E-state index >= 15 is 0 Å². The molecule has 0 fully saturated rings. The molecule has 0 saturated carbocycles. The molecule has 3 aromatic rings. The molecule has 2 N–H and O–H groups in total. The van der Waals surface area contributed by atoms with Crippen molar-refractivity contribution in [1.29, 1.82) is 0 Å². The van der Waals surface area contributed by atoms with Crippen molar-refractivity contribution in [3.05, 3.63) is 83.9 Å². The van der Waals surface area contributed by atoms with Gasteiger partial charge in [-0.05, 0) is 55.3 Å². The molecule has 3 aromatic carbocycles. The zero-order valence-electron chi connectivity index (χ0n) is 16.8. The number of nitrogens with one attached hydrogen (secondary N) is 2. The van der Waals surface area contributed by atoms with Gasteiger partial charge in [-0.2, -0.15) is 0 Å². The van der Waals surface area contributed by atoms with Crippen LogP contribution in [0.25, 0.3) is 0 Å². The molecule has 0 aromatic heterocycles. The van der Waals surface area contributed by atoms with Crippen LogP contribution in [0.4, 0.5) is 11.4 Å². The fourth-order valence-corrected chi connectivity index (χ4v) is 2.88. The van der Waals surface area contributed by atoms with Gasteiger partial charge in [0.25, 0.3) is 5.91 Å². The van der Waals surface area contributed by atoms with E-state index in [1.165, 1.54) is 5.56 Å². The number of hydrogen-bond acceptors (Lipinski definition) is 4. The fraction of sp³-hybridized carbons (Fsp3) is 0.208. The second-order valence-electron chi connectivity index (χ2n) is 6.59. The Bertz CT molecular complexity index is 942. The Morgan fingerprint density at radius 2 is 1.66 bits per heavy atom. The largest absolute Gasteiger partial charge is 0.490 e. The molecule has 0 unspecified atom stereocenters. The molecule has 0 saturated heterocycles. The Labute approximate surface area is 171 Å². The van der Waals surface area contributed by atoms with Crippen molar-refractivity contribution < 1.29 is 14.3 Å². The van der Waals surface area contributed by atoms with Crippen LogP contribution in [0, 0.1) is 6.92 Å². The van der Waals surface area contributed by atoms with Crippen molar-refractivity contribution in [1.82, 2.24) is 0 Å². The Morgan fingerprint density at radius 1 is 0.897 bits per heavy atom. The molecule has 3 rings (SSSR count). The molecular weight excluding hydrogens is 364 g/mol. The van der Waals surface area contributed by atoms with Gasteiger partial charge in [0.05, 0.1) is 6.61 Å². The zero-order chi connectivity index (χ0) is 20.5. The average molecular weight is 390 g/mol. The molecular formula is C24H26N2O3. The predicted octanol–water partition coefficient (Wildman–Crippen LogP) is 5.02. The number of carbonyl (C=O) groups excluding carboxylic acids is 1. The molecule has 0 aliphatic heterocycles. The van der Waals surface area contributed by atoms with E-state index in [2.05, 4.69) is 29.7 Å². The SMILES string of the molecule is CCOc1cc(CNc2ccccc2C)ccc1OCC(=O)Nc1ccccc1. The highest BCUT2D eigenvalue weighted by Crippen LogP contribution is 2.29. The number of aryl methyl sites for hydroxylation is 1. The second-order valence-corrected chi connectivity index (χ2v) is 6.59. The van der Waals surface area contributed by atoms with E-state index in [1.54, 1.807) is 0 Å². The molecule has 0 bridgehead atoms. The van der Waals surface area contributed by atoms with Crippen molar-refractivity contribution in [3.8, 4) is 11.5 Å². The van der Waals surface area contributed by atoms with Crippen LogP contribution >= 0.6 is 0 Å². The van der Waals surface area contributed by atoms with Gasteiger partial charge < -0.3 is 20.1 Å². The third kappa shape index (κ3) is 6.01. The summed E-state index contributed by atoms with van der Waals surface area (Å²) in [7, 11) is 0. The minimum Gasteiger partial charge on any atom is -0.490 e. The maximum absolute atomic E-state index is 12.1. The lowest BCUT2D eigenvalue weighted by Crippen LogP contribution is -2.20. The third-order valence-electron chi connectivity index (χ3n) is 4.35. The summed E-state index contributed by atoms with van der Waals surface area (Å²) in [5, 5.41) is 6.24. The first-order valence-corrected chi connectivity index (χ1v) is 9.68. The van der Waals surface area contributed by atoms with Gasteiger partial charge in [0.15, 0.2) is 18.1 Å². The van der Waals surface area contributed by atoms with Crippen LogP contribution in [-0.4, -0.2) is 19.1 Å². The van der Waals surface area contributed by atoms with Gasteiger partial charge in [-0.3, -0.25) is 4.79 Å². The lowest BCUT2D eigenvalue weighted by molar-refractivity contribution is -0.118. The first-order valence-electron chi connectivity index (χ1n) is 9.68. The molecule has 0 aliphatic rings. The van der Waals surface area contributed by atoms with Crippen LogP contribution < -0.4 is 20.1 Å². The van der Waals surface area contributed by atoms with Gasteiger partial charge in [-0.25, -0.2) is 0 Å². The monoisotopic (exact) mass is 390 g/mol. The lowest BCUT2D eigenvalue weighted by atomic mass is 10.1. The summed E-state index contributed by atoms with van der Waals surface area (Å²) < 4.78 is 11.4. The van der Waals surface area contributed by atoms with E-state index < -0.39 is 0 Å². The average Bonchev–Trinajstić information content (AvgIpc) is 2.73. The lowest BCUT2D eigenvalue weighted by Gasteiger charge is -2.14. The van der Waals surface area contributed by atoms with Crippen LogP contribution in [0.5, 0.6) is 11.5 Å². The summed E-state index contributed by atoms with van der Waals surface area (Å²) in [6.45, 7) is 5.09. The Morgan fingerprint density at radius 3 is 2.41 bits per heavy atom. The number of ether oxygens (including phenoxy) is 2. The van der Waals surface area contributed by atoms with Crippen molar-refractivity contribution in [2.24, 2.45) is 0 Å². The molecule has 29 heavy (non-hydrogen) atoms. The maximum atomic E-state index is 12.1.